The fourth-order valence-electron chi connectivity index (χ4n) is 3.73. The number of rotatable bonds is 4. The average Bonchev–Trinajstić information content (AvgIpc) is 3.01. The summed E-state index contributed by atoms with van der Waals surface area (Å²) in [6.45, 7) is 4.13. The third-order valence-corrected chi connectivity index (χ3v) is 4.88. The Labute approximate surface area is 159 Å². The number of methoxy groups -OCH3 is 1. The molecule has 0 unspecified atom stereocenters. The van der Waals surface area contributed by atoms with E-state index in [2.05, 4.69) is 37.4 Å². The van der Waals surface area contributed by atoms with E-state index in [1.807, 2.05) is 28.9 Å². The van der Waals surface area contributed by atoms with Crippen molar-refractivity contribution in [2.24, 2.45) is 0 Å². The lowest BCUT2D eigenvalue weighted by atomic mass is 9.95. The minimum absolute atomic E-state index is 0.155. The number of ketones is 1. The maximum atomic E-state index is 12.7. The minimum Gasteiger partial charge on any atom is -0.497 e. The molecule has 138 valence electrons. The van der Waals surface area contributed by atoms with Crippen molar-refractivity contribution >= 4 is 17.3 Å². The van der Waals surface area contributed by atoms with Crippen LogP contribution in [0.4, 0.5) is 11.5 Å². The highest BCUT2D eigenvalue weighted by Crippen LogP contribution is 2.32. The Bertz CT molecular complexity index is 983. The Morgan fingerprint density at radius 2 is 1.74 bits per heavy atom. The summed E-state index contributed by atoms with van der Waals surface area (Å²) in [4.78, 5) is 12.7. The molecule has 0 amide bonds. The van der Waals surface area contributed by atoms with E-state index < -0.39 is 0 Å². The molecule has 27 heavy (non-hydrogen) atoms. The molecular formula is C22H23N3O2. The molecule has 0 aliphatic heterocycles. The number of Topliss-reactive ketones (excluding diaryl/α,β-unsaturated/α-hetero) is 1. The highest BCUT2D eigenvalue weighted by Gasteiger charge is 2.27. The van der Waals surface area contributed by atoms with Crippen molar-refractivity contribution in [1.82, 2.24) is 9.78 Å². The van der Waals surface area contributed by atoms with Gasteiger partial charge in [-0.2, -0.15) is 0 Å². The number of ether oxygens (including phenoxy) is 1. The lowest BCUT2D eigenvalue weighted by Crippen LogP contribution is -2.13. The summed E-state index contributed by atoms with van der Waals surface area (Å²) in [5, 5.41) is 8.15. The van der Waals surface area contributed by atoms with Crippen LogP contribution < -0.4 is 10.1 Å². The van der Waals surface area contributed by atoms with Crippen LogP contribution in [0.3, 0.4) is 0 Å². The Morgan fingerprint density at radius 3 is 2.41 bits per heavy atom. The first-order valence-corrected chi connectivity index (χ1v) is 9.20. The van der Waals surface area contributed by atoms with Gasteiger partial charge in [-0.05, 0) is 74.2 Å². The van der Waals surface area contributed by atoms with Gasteiger partial charge in [0.1, 0.15) is 5.75 Å². The zero-order valence-electron chi connectivity index (χ0n) is 15.9. The Morgan fingerprint density at radius 1 is 1.04 bits per heavy atom. The normalized spacial score (nSPS) is 13.4. The fraction of sp³-hybridized carbons (Fsp3) is 0.273. The molecule has 0 atom stereocenters. The number of hydrogen-bond donors (Lipinski definition) is 1. The summed E-state index contributed by atoms with van der Waals surface area (Å²) < 4.78 is 7.13. The van der Waals surface area contributed by atoms with Gasteiger partial charge in [0.2, 0.25) is 0 Å². The summed E-state index contributed by atoms with van der Waals surface area (Å²) >= 11 is 0. The van der Waals surface area contributed by atoms with Gasteiger partial charge < -0.3 is 10.1 Å². The number of aromatic nitrogens is 2. The zero-order valence-corrected chi connectivity index (χ0v) is 15.9. The smallest absolute Gasteiger partial charge is 0.168 e. The standard InChI is InChI=1S/C22H23N3O2/c1-14-11-15(2)13-16(12-14)23-22-21-19(5-4-6-20(21)26)25(24-22)17-7-9-18(27-3)10-8-17/h7-13H,4-6H2,1-3H3,(H,23,24). The van der Waals surface area contributed by atoms with Gasteiger partial charge in [-0.3, -0.25) is 4.79 Å². The van der Waals surface area contributed by atoms with Crippen LogP contribution in [-0.4, -0.2) is 22.7 Å². The first kappa shape index (κ1) is 17.3. The van der Waals surface area contributed by atoms with E-state index in [4.69, 9.17) is 9.84 Å². The predicted octanol–water partition coefficient (Wildman–Crippen LogP) is 4.76. The maximum Gasteiger partial charge on any atom is 0.168 e. The van der Waals surface area contributed by atoms with Gasteiger partial charge in [-0.15, -0.1) is 5.10 Å². The lowest BCUT2D eigenvalue weighted by molar-refractivity contribution is 0.0973. The number of nitrogens with one attached hydrogen (secondary N) is 1. The number of anilines is 2. The molecule has 1 aliphatic carbocycles. The molecule has 4 rings (SSSR count). The third-order valence-electron chi connectivity index (χ3n) is 4.88. The van der Waals surface area contributed by atoms with Crippen molar-refractivity contribution in [3.05, 3.63) is 64.8 Å². The lowest BCUT2D eigenvalue weighted by Gasteiger charge is -2.14. The van der Waals surface area contributed by atoms with Crippen LogP contribution in [0.2, 0.25) is 0 Å². The molecule has 1 N–H and O–H groups in total. The van der Waals surface area contributed by atoms with Crippen molar-refractivity contribution in [1.29, 1.82) is 0 Å². The quantitative estimate of drug-likeness (QED) is 0.728. The molecule has 5 nitrogen and oxygen atoms in total. The molecule has 0 saturated heterocycles. The first-order chi connectivity index (χ1) is 13.0. The molecule has 5 heteroatoms. The Balaban J connectivity index is 1.79. The van der Waals surface area contributed by atoms with Crippen molar-refractivity contribution in [2.45, 2.75) is 33.1 Å². The Kier molecular flexibility index (Phi) is 4.44. The van der Waals surface area contributed by atoms with E-state index in [-0.39, 0.29) is 5.78 Å². The van der Waals surface area contributed by atoms with Crippen molar-refractivity contribution in [3.8, 4) is 11.4 Å². The monoisotopic (exact) mass is 361 g/mol. The van der Waals surface area contributed by atoms with Crippen LogP contribution in [0.5, 0.6) is 5.75 Å². The summed E-state index contributed by atoms with van der Waals surface area (Å²) in [5.41, 5.74) is 5.92. The van der Waals surface area contributed by atoms with Crippen LogP contribution in [0.15, 0.2) is 42.5 Å². The maximum absolute atomic E-state index is 12.7. The van der Waals surface area contributed by atoms with Gasteiger partial charge in [0.25, 0.3) is 0 Å². The molecule has 1 heterocycles. The van der Waals surface area contributed by atoms with Crippen molar-refractivity contribution in [2.75, 3.05) is 12.4 Å². The fourth-order valence-corrected chi connectivity index (χ4v) is 3.73. The second-order valence-corrected chi connectivity index (χ2v) is 7.06. The van der Waals surface area contributed by atoms with E-state index in [1.165, 1.54) is 11.1 Å². The van der Waals surface area contributed by atoms with Crippen LogP contribution in [0.25, 0.3) is 5.69 Å². The molecule has 0 saturated carbocycles. The van der Waals surface area contributed by atoms with Crippen LogP contribution in [0.1, 0.15) is 40.0 Å². The summed E-state index contributed by atoms with van der Waals surface area (Å²) in [5.74, 6) is 1.59. The second kappa shape index (κ2) is 6.91. The van der Waals surface area contributed by atoms with E-state index in [1.54, 1.807) is 7.11 Å². The molecule has 1 aliphatic rings. The van der Waals surface area contributed by atoms with E-state index in [9.17, 15) is 4.79 Å². The number of aryl methyl sites for hydroxylation is 2. The average molecular weight is 361 g/mol. The van der Waals surface area contributed by atoms with E-state index >= 15 is 0 Å². The molecule has 0 radical (unpaired) electrons. The van der Waals surface area contributed by atoms with E-state index in [0.717, 1.165) is 41.2 Å². The molecule has 0 bridgehead atoms. The first-order valence-electron chi connectivity index (χ1n) is 9.20. The Hall–Kier alpha value is -3.08. The highest BCUT2D eigenvalue weighted by atomic mass is 16.5. The van der Waals surface area contributed by atoms with Gasteiger partial charge in [0.15, 0.2) is 11.6 Å². The number of benzene rings is 2. The zero-order chi connectivity index (χ0) is 19.0. The number of carbonyl (C=O) groups is 1. The van der Waals surface area contributed by atoms with Gasteiger partial charge >= 0.3 is 0 Å². The molecule has 1 aromatic heterocycles. The molecule has 0 fully saturated rings. The third kappa shape index (κ3) is 3.33. The topological polar surface area (TPSA) is 56.1 Å². The summed E-state index contributed by atoms with van der Waals surface area (Å²) in [6.07, 6.45) is 2.27. The minimum atomic E-state index is 0.155. The second-order valence-electron chi connectivity index (χ2n) is 7.06. The molecule has 2 aromatic carbocycles. The predicted molar refractivity (Wildman–Crippen MR) is 107 cm³/mol. The number of nitrogens with zero attached hydrogens (tertiary/aromatic N) is 2. The van der Waals surface area contributed by atoms with Gasteiger partial charge in [-0.1, -0.05) is 6.07 Å². The van der Waals surface area contributed by atoms with Crippen molar-refractivity contribution in [3.63, 3.8) is 0 Å². The van der Waals surface area contributed by atoms with E-state index in [0.29, 0.717) is 12.2 Å². The SMILES string of the molecule is COc1ccc(-n2nc(Nc3cc(C)cc(C)c3)c3c2CCCC3=O)cc1. The largest absolute Gasteiger partial charge is 0.497 e. The molecular weight excluding hydrogens is 338 g/mol. The molecule has 0 spiro atoms. The number of hydrogen-bond acceptors (Lipinski definition) is 4. The van der Waals surface area contributed by atoms with Gasteiger partial charge in [-0.25, -0.2) is 4.68 Å². The van der Waals surface area contributed by atoms with Crippen molar-refractivity contribution < 1.29 is 9.53 Å². The summed E-state index contributed by atoms with van der Waals surface area (Å²) in [7, 11) is 1.65. The van der Waals surface area contributed by atoms with Crippen LogP contribution in [-0.2, 0) is 6.42 Å². The van der Waals surface area contributed by atoms with Gasteiger partial charge in [0.05, 0.1) is 24.1 Å². The van der Waals surface area contributed by atoms with Gasteiger partial charge in [0, 0.05) is 12.1 Å². The van der Waals surface area contributed by atoms with Crippen LogP contribution in [0, 0.1) is 13.8 Å². The number of fused-ring (bicyclic) bond motifs is 1. The highest BCUT2D eigenvalue weighted by molar-refractivity contribution is 6.03. The summed E-state index contributed by atoms with van der Waals surface area (Å²) in [6, 6.07) is 14.0. The van der Waals surface area contributed by atoms with Crippen LogP contribution >= 0.6 is 0 Å². The number of carbonyl (C=O) groups excluding carboxylic acids is 1. The molecule has 3 aromatic rings.